The molecule has 5 heteroatoms. The first-order valence-corrected chi connectivity index (χ1v) is 4.83. The van der Waals surface area contributed by atoms with Gasteiger partial charge in [0.15, 0.2) is 23.2 Å². The van der Waals surface area contributed by atoms with E-state index in [0.29, 0.717) is 18.6 Å². The minimum atomic E-state index is -1.57. The molecule has 0 heterocycles. The first-order chi connectivity index (χ1) is 7.06. The first kappa shape index (κ1) is 12.0. The van der Waals surface area contributed by atoms with Gasteiger partial charge in [0.25, 0.3) is 0 Å². The number of ketones is 1. The second-order valence-corrected chi connectivity index (χ2v) is 3.35. The van der Waals surface area contributed by atoms with Crippen LogP contribution < -0.4 is 0 Å². The summed E-state index contributed by atoms with van der Waals surface area (Å²) >= 11 is 5.36. The molecule has 0 saturated heterocycles. The molecule has 0 aliphatic rings. The van der Waals surface area contributed by atoms with Gasteiger partial charge in [-0.1, -0.05) is 0 Å². The van der Waals surface area contributed by atoms with E-state index in [1.54, 1.807) is 0 Å². The van der Waals surface area contributed by atoms with E-state index in [1.807, 2.05) is 0 Å². The molecule has 0 fully saturated rings. The van der Waals surface area contributed by atoms with E-state index < -0.39 is 23.2 Å². The molecule has 1 nitrogen and oxygen atoms in total. The van der Waals surface area contributed by atoms with Gasteiger partial charge in [-0.2, -0.15) is 0 Å². The number of hydrogen-bond acceptors (Lipinski definition) is 1. The van der Waals surface area contributed by atoms with E-state index in [-0.39, 0.29) is 17.9 Å². The van der Waals surface area contributed by atoms with E-state index >= 15 is 0 Å². The SMILES string of the molecule is O=C(CCCCl)c1cc(F)c(F)c(F)c1. The Morgan fingerprint density at radius 3 is 2.20 bits per heavy atom. The van der Waals surface area contributed by atoms with Crippen LogP contribution in [0.1, 0.15) is 23.2 Å². The second-order valence-electron chi connectivity index (χ2n) is 2.97. The summed E-state index contributed by atoms with van der Waals surface area (Å²) in [6, 6.07) is 1.38. The molecule has 0 unspecified atom stereocenters. The fourth-order valence-electron chi connectivity index (χ4n) is 1.09. The lowest BCUT2D eigenvalue weighted by molar-refractivity contribution is 0.0981. The minimum Gasteiger partial charge on any atom is -0.294 e. The van der Waals surface area contributed by atoms with Crippen molar-refractivity contribution < 1.29 is 18.0 Å². The third-order valence-corrected chi connectivity index (χ3v) is 2.11. The topological polar surface area (TPSA) is 17.1 Å². The van der Waals surface area contributed by atoms with Crippen molar-refractivity contribution in [2.45, 2.75) is 12.8 Å². The molecule has 0 aromatic heterocycles. The minimum absolute atomic E-state index is 0.0913. The standard InChI is InChI=1S/C10H8ClF3O/c11-3-1-2-9(15)6-4-7(12)10(14)8(13)5-6/h4-5H,1-3H2. The second kappa shape index (κ2) is 5.16. The van der Waals surface area contributed by atoms with Gasteiger partial charge in [0.2, 0.25) is 0 Å². The van der Waals surface area contributed by atoms with Crippen LogP contribution in [0.25, 0.3) is 0 Å². The fourth-order valence-corrected chi connectivity index (χ4v) is 1.22. The van der Waals surface area contributed by atoms with Gasteiger partial charge in [0.1, 0.15) is 0 Å². The van der Waals surface area contributed by atoms with Crippen molar-refractivity contribution in [1.82, 2.24) is 0 Å². The molecule has 0 spiro atoms. The molecule has 1 aromatic rings. The third-order valence-electron chi connectivity index (χ3n) is 1.84. The third kappa shape index (κ3) is 2.96. The molecule has 0 amide bonds. The monoisotopic (exact) mass is 236 g/mol. The molecular weight excluding hydrogens is 229 g/mol. The Morgan fingerprint density at radius 1 is 1.20 bits per heavy atom. The molecule has 0 bridgehead atoms. The van der Waals surface area contributed by atoms with Gasteiger partial charge in [-0.05, 0) is 18.6 Å². The van der Waals surface area contributed by atoms with Gasteiger partial charge in [-0.15, -0.1) is 11.6 Å². The van der Waals surface area contributed by atoms with E-state index in [1.165, 1.54) is 0 Å². The summed E-state index contributed by atoms with van der Waals surface area (Å²) in [5.74, 6) is -4.44. The zero-order valence-corrected chi connectivity index (χ0v) is 8.45. The van der Waals surface area contributed by atoms with Crippen molar-refractivity contribution in [1.29, 1.82) is 0 Å². The highest BCUT2D eigenvalue weighted by atomic mass is 35.5. The molecule has 15 heavy (non-hydrogen) atoms. The molecule has 0 aliphatic carbocycles. The maximum atomic E-state index is 12.7. The number of carbonyl (C=O) groups excluding carboxylic acids is 1. The zero-order valence-electron chi connectivity index (χ0n) is 7.70. The predicted octanol–water partition coefficient (Wildman–Crippen LogP) is 3.31. The number of benzene rings is 1. The van der Waals surface area contributed by atoms with Crippen molar-refractivity contribution in [2.24, 2.45) is 0 Å². The van der Waals surface area contributed by atoms with E-state index in [4.69, 9.17) is 11.6 Å². The lowest BCUT2D eigenvalue weighted by atomic mass is 10.1. The van der Waals surface area contributed by atoms with Crippen LogP contribution in [0.3, 0.4) is 0 Å². The van der Waals surface area contributed by atoms with Crippen LogP contribution in [0.4, 0.5) is 13.2 Å². The highest BCUT2D eigenvalue weighted by Crippen LogP contribution is 2.15. The lowest BCUT2D eigenvalue weighted by Crippen LogP contribution is -2.03. The number of alkyl halides is 1. The van der Waals surface area contributed by atoms with Gasteiger partial charge < -0.3 is 0 Å². The Hall–Kier alpha value is -1.03. The average Bonchev–Trinajstić information content (AvgIpc) is 2.21. The number of Topliss-reactive ketones (excluding diaryl/α,β-unsaturated/α-hetero) is 1. The largest absolute Gasteiger partial charge is 0.294 e. The van der Waals surface area contributed by atoms with Crippen molar-refractivity contribution in [3.05, 3.63) is 35.1 Å². The molecule has 0 radical (unpaired) electrons. The molecule has 1 aromatic carbocycles. The smallest absolute Gasteiger partial charge is 0.194 e. The Bertz CT molecular complexity index is 356. The molecule has 0 N–H and O–H groups in total. The normalized spacial score (nSPS) is 10.4. The number of rotatable bonds is 4. The van der Waals surface area contributed by atoms with Gasteiger partial charge >= 0.3 is 0 Å². The summed E-state index contributed by atoms with van der Waals surface area (Å²) in [5, 5.41) is 0. The van der Waals surface area contributed by atoms with Crippen LogP contribution in [-0.2, 0) is 0 Å². The first-order valence-electron chi connectivity index (χ1n) is 4.30. The van der Waals surface area contributed by atoms with Crippen molar-refractivity contribution in [2.75, 3.05) is 5.88 Å². The van der Waals surface area contributed by atoms with Crippen LogP contribution in [0.2, 0.25) is 0 Å². The molecule has 0 atom stereocenters. The van der Waals surface area contributed by atoms with Crippen molar-refractivity contribution >= 4 is 17.4 Å². The predicted molar refractivity (Wildman–Crippen MR) is 50.6 cm³/mol. The molecule has 0 aliphatic heterocycles. The Balaban J connectivity index is 2.91. The quantitative estimate of drug-likeness (QED) is 0.445. The molecule has 0 saturated carbocycles. The summed E-state index contributed by atoms with van der Waals surface area (Å²) in [4.78, 5) is 11.3. The van der Waals surface area contributed by atoms with E-state index in [2.05, 4.69) is 0 Å². The lowest BCUT2D eigenvalue weighted by Gasteiger charge is -2.01. The molecular formula is C10H8ClF3O. The van der Waals surface area contributed by atoms with Crippen LogP contribution in [0.15, 0.2) is 12.1 Å². The number of hydrogen-bond donors (Lipinski definition) is 0. The van der Waals surface area contributed by atoms with Crippen molar-refractivity contribution in [3.63, 3.8) is 0 Å². The van der Waals surface area contributed by atoms with Crippen LogP contribution in [0.5, 0.6) is 0 Å². The summed E-state index contributed by atoms with van der Waals surface area (Å²) in [7, 11) is 0. The zero-order chi connectivity index (χ0) is 11.4. The van der Waals surface area contributed by atoms with Gasteiger partial charge in [0, 0.05) is 17.9 Å². The Labute approximate surface area is 89.9 Å². The summed E-state index contributed by atoms with van der Waals surface area (Å²) in [6.45, 7) is 0. The highest BCUT2D eigenvalue weighted by Gasteiger charge is 2.14. The maximum absolute atomic E-state index is 12.7. The summed E-state index contributed by atoms with van der Waals surface area (Å²) < 4.78 is 38.0. The van der Waals surface area contributed by atoms with E-state index in [9.17, 15) is 18.0 Å². The van der Waals surface area contributed by atoms with Gasteiger partial charge in [0.05, 0.1) is 0 Å². The number of halogens is 4. The van der Waals surface area contributed by atoms with E-state index in [0.717, 1.165) is 0 Å². The average molecular weight is 237 g/mol. The maximum Gasteiger partial charge on any atom is 0.194 e. The summed E-state index contributed by atoms with van der Waals surface area (Å²) in [6.07, 6.45) is 0.509. The summed E-state index contributed by atoms with van der Waals surface area (Å²) in [5.41, 5.74) is -0.170. The molecule has 82 valence electrons. The van der Waals surface area contributed by atoms with Crippen molar-refractivity contribution in [3.8, 4) is 0 Å². The van der Waals surface area contributed by atoms with Crippen LogP contribution in [0, 0.1) is 17.5 Å². The van der Waals surface area contributed by atoms with Gasteiger partial charge in [-0.3, -0.25) is 4.79 Å². The number of carbonyl (C=O) groups is 1. The molecule has 1 rings (SSSR count). The highest BCUT2D eigenvalue weighted by molar-refractivity contribution is 6.18. The Kier molecular flexibility index (Phi) is 4.15. The van der Waals surface area contributed by atoms with Crippen LogP contribution in [-0.4, -0.2) is 11.7 Å². The van der Waals surface area contributed by atoms with Gasteiger partial charge in [-0.25, -0.2) is 13.2 Å². The van der Waals surface area contributed by atoms with Crippen LogP contribution >= 0.6 is 11.6 Å². The fraction of sp³-hybridized carbons (Fsp3) is 0.300. The Morgan fingerprint density at radius 2 is 1.73 bits per heavy atom.